The van der Waals surface area contributed by atoms with Crippen LogP contribution in [0.25, 0.3) is 78.0 Å². The number of para-hydroxylation sites is 4. The highest BCUT2D eigenvalue weighted by Crippen LogP contribution is 2.59. The van der Waals surface area contributed by atoms with Crippen molar-refractivity contribution in [3.63, 3.8) is 0 Å². The number of benzene rings is 9. The fraction of sp³-hybridized carbons (Fsp3) is 0. The average Bonchev–Trinajstić information content (AvgIpc) is 3.99. The molecule has 1 aliphatic rings. The summed E-state index contributed by atoms with van der Waals surface area (Å²) >= 11 is 0. The third-order valence-electron chi connectivity index (χ3n) is 13.3. The monoisotopic (exact) mass is 867 g/mol. The normalized spacial score (nSPS) is 13.1. The summed E-state index contributed by atoms with van der Waals surface area (Å²) in [4.78, 5) is 16.3. The van der Waals surface area contributed by atoms with Crippen molar-refractivity contribution in [2.45, 2.75) is 0 Å². The molecule has 13 rings (SSSR count). The molecule has 1 aliphatic heterocycles. The molecule has 0 amide bonds. The Morgan fingerprint density at radius 1 is 0.354 bits per heavy atom. The van der Waals surface area contributed by atoms with E-state index in [1.165, 1.54) is 0 Å². The standard InChI is InChI=1S/C57H38N5OPSi/c63-64(53-36-17-11-30-47(53)48-31-12-18-37-54(48)64)65(40-21-3-1-4-22-40,41-23-5-2-6-24-41)42-25-19-20-39(38-42)55-58-56(61-49-32-13-7-26-43(49)44-27-8-14-33-50(44)61)60-57(59-55)62-51-34-15-9-28-45(51)46-29-10-16-35-52(46)62/h1-38H. The minimum Gasteiger partial charge on any atom is -0.318 e. The van der Waals surface area contributed by atoms with E-state index in [2.05, 4.69) is 215 Å². The molecule has 8 heteroatoms. The minimum atomic E-state index is -3.59. The van der Waals surface area contributed by atoms with Gasteiger partial charge in [0.1, 0.15) is 6.69 Å². The van der Waals surface area contributed by atoms with Crippen molar-refractivity contribution in [3.8, 4) is 34.4 Å². The van der Waals surface area contributed by atoms with E-state index in [9.17, 15) is 0 Å². The first kappa shape index (κ1) is 37.6. The molecule has 0 spiro atoms. The molecule has 0 aliphatic carbocycles. The van der Waals surface area contributed by atoms with Gasteiger partial charge in [-0.25, -0.2) is 0 Å². The van der Waals surface area contributed by atoms with Crippen LogP contribution in [-0.4, -0.2) is 31.8 Å². The predicted molar refractivity (Wildman–Crippen MR) is 270 cm³/mol. The van der Waals surface area contributed by atoms with Gasteiger partial charge in [-0.2, -0.15) is 15.0 Å². The van der Waals surface area contributed by atoms with Crippen LogP contribution in [0.3, 0.4) is 0 Å². The van der Waals surface area contributed by atoms with Crippen molar-refractivity contribution in [1.29, 1.82) is 0 Å². The summed E-state index contributed by atoms with van der Waals surface area (Å²) in [5, 5.41) is 9.46. The van der Waals surface area contributed by atoms with Crippen molar-refractivity contribution >= 4 is 84.2 Å². The van der Waals surface area contributed by atoms with Gasteiger partial charge in [0.2, 0.25) is 19.6 Å². The molecule has 9 aromatic carbocycles. The van der Waals surface area contributed by atoms with E-state index in [-0.39, 0.29) is 0 Å². The van der Waals surface area contributed by atoms with Gasteiger partial charge in [0.05, 0.1) is 22.1 Å². The van der Waals surface area contributed by atoms with Gasteiger partial charge in [0.15, 0.2) is 5.82 Å². The highest BCUT2D eigenvalue weighted by Gasteiger charge is 2.60. The Morgan fingerprint density at radius 2 is 0.723 bits per heavy atom. The highest BCUT2D eigenvalue weighted by molar-refractivity contribution is 8.15. The maximum atomic E-state index is 17.5. The van der Waals surface area contributed by atoms with Gasteiger partial charge in [-0.05, 0) is 51.0 Å². The van der Waals surface area contributed by atoms with Gasteiger partial charge < -0.3 is 4.57 Å². The zero-order valence-electron chi connectivity index (χ0n) is 35.0. The van der Waals surface area contributed by atoms with E-state index < -0.39 is 14.4 Å². The molecule has 0 saturated heterocycles. The summed E-state index contributed by atoms with van der Waals surface area (Å²) in [7, 11) is -3.59. The van der Waals surface area contributed by atoms with E-state index in [1.807, 2.05) is 24.3 Å². The fourth-order valence-corrected chi connectivity index (χ4v) is 25.4. The Morgan fingerprint density at radius 3 is 1.17 bits per heavy atom. The number of aromatic nitrogens is 5. The SMILES string of the molecule is O=P1([Si](c2ccccc2)(c2ccccc2)c2cccc(-c3nc(-n4c5ccccc5c5ccccc54)nc(-n4c5ccccc5c5ccccc54)n3)c2)c2ccccc2-c2ccccc21. The van der Waals surface area contributed by atoms with E-state index in [0.717, 1.165) is 86.5 Å². The summed E-state index contributed by atoms with van der Waals surface area (Å²) < 4.78 is 21.8. The number of nitrogens with zero attached hydrogens (tertiary/aromatic N) is 5. The average molecular weight is 868 g/mol. The summed E-state index contributed by atoms with van der Waals surface area (Å²) in [6.45, 7) is -3.50. The van der Waals surface area contributed by atoms with Crippen molar-refractivity contribution in [1.82, 2.24) is 24.1 Å². The molecular weight excluding hydrogens is 830 g/mol. The van der Waals surface area contributed by atoms with Gasteiger partial charge in [-0.1, -0.05) is 206 Å². The fourth-order valence-electron chi connectivity index (χ4n) is 10.7. The molecule has 3 aromatic heterocycles. The third kappa shape index (κ3) is 5.34. The van der Waals surface area contributed by atoms with Crippen molar-refractivity contribution < 1.29 is 4.57 Å². The lowest BCUT2D eigenvalue weighted by molar-refractivity contribution is 0.594. The van der Waals surface area contributed by atoms with Crippen molar-refractivity contribution in [2.75, 3.05) is 0 Å². The van der Waals surface area contributed by atoms with Crippen LogP contribution in [0.4, 0.5) is 0 Å². The first-order valence-corrected chi connectivity index (χ1v) is 26.4. The van der Waals surface area contributed by atoms with Gasteiger partial charge in [0.25, 0.3) is 0 Å². The minimum absolute atomic E-state index is 0.510. The smallest absolute Gasteiger partial charge is 0.240 e. The molecule has 12 aromatic rings. The largest absolute Gasteiger partial charge is 0.318 e. The molecule has 306 valence electrons. The lowest BCUT2D eigenvalue weighted by atomic mass is 10.1. The summed E-state index contributed by atoms with van der Waals surface area (Å²) in [6, 6.07) is 80.3. The number of rotatable bonds is 7. The Bertz CT molecular complexity index is 3570. The van der Waals surface area contributed by atoms with Crippen molar-refractivity contribution in [2.24, 2.45) is 0 Å². The maximum absolute atomic E-state index is 17.5. The van der Waals surface area contributed by atoms with Crippen LogP contribution in [0.1, 0.15) is 0 Å². The first-order valence-electron chi connectivity index (χ1n) is 21.9. The molecular formula is C57H38N5OPSi. The lowest BCUT2D eigenvalue weighted by Crippen LogP contribution is -2.69. The second-order valence-electron chi connectivity index (χ2n) is 16.7. The summed E-state index contributed by atoms with van der Waals surface area (Å²) in [5.41, 5.74) is 6.90. The van der Waals surface area contributed by atoms with E-state index >= 15 is 4.57 Å². The van der Waals surface area contributed by atoms with Crippen molar-refractivity contribution in [3.05, 3.63) is 231 Å². The molecule has 4 heterocycles. The number of hydrogen-bond donors (Lipinski definition) is 0. The molecule has 6 nitrogen and oxygen atoms in total. The zero-order valence-corrected chi connectivity index (χ0v) is 36.9. The first-order chi connectivity index (χ1) is 32.1. The van der Waals surface area contributed by atoms with E-state index in [4.69, 9.17) is 15.0 Å². The number of hydrogen-bond acceptors (Lipinski definition) is 4. The Kier molecular flexibility index (Phi) is 8.41. The second-order valence-corrected chi connectivity index (χ2v) is 25.9. The summed E-state index contributed by atoms with van der Waals surface area (Å²) in [6.07, 6.45) is 0. The number of fused-ring (bicyclic) bond motifs is 9. The molecule has 0 N–H and O–H groups in total. The topological polar surface area (TPSA) is 65.6 Å². The molecule has 65 heavy (non-hydrogen) atoms. The van der Waals surface area contributed by atoms with Gasteiger partial charge in [0, 0.05) is 37.7 Å². The van der Waals surface area contributed by atoms with E-state index in [0.29, 0.717) is 17.7 Å². The highest BCUT2D eigenvalue weighted by atomic mass is 31.4. The van der Waals surface area contributed by atoms with Gasteiger partial charge >= 0.3 is 0 Å². The summed E-state index contributed by atoms with van der Waals surface area (Å²) in [5.74, 6) is 1.54. The molecule has 0 atom stereocenters. The lowest BCUT2D eigenvalue weighted by Gasteiger charge is -2.39. The Hall–Kier alpha value is -7.96. The molecule has 0 bridgehead atoms. The van der Waals surface area contributed by atoms with Crippen LogP contribution < -0.4 is 26.2 Å². The molecule has 0 fully saturated rings. The van der Waals surface area contributed by atoms with Crippen LogP contribution in [0, 0.1) is 0 Å². The maximum Gasteiger partial charge on any atom is 0.240 e. The van der Waals surface area contributed by atoms with Crippen LogP contribution in [0.5, 0.6) is 0 Å². The Balaban J connectivity index is 1.14. The van der Waals surface area contributed by atoms with Crippen LogP contribution >= 0.6 is 6.69 Å². The predicted octanol–water partition coefficient (Wildman–Crippen LogP) is 10.7. The molecule has 0 unspecified atom stereocenters. The van der Waals surface area contributed by atoms with E-state index in [1.54, 1.807) is 0 Å². The quantitative estimate of drug-likeness (QED) is 0.0909. The Labute approximate surface area is 376 Å². The van der Waals surface area contributed by atoms with Crippen LogP contribution in [0.2, 0.25) is 0 Å². The molecule has 0 radical (unpaired) electrons. The van der Waals surface area contributed by atoms with Crippen LogP contribution in [0.15, 0.2) is 231 Å². The third-order valence-corrected chi connectivity index (χ3v) is 26.5. The zero-order chi connectivity index (χ0) is 43.1. The van der Waals surface area contributed by atoms with Gasteiger partial charge in [-0.15, -0.1) is 0 Å². The second kappa shape index (κ2) is 14.5. The van der Waals surface area contributed by atoms with Crippen LogP contribution in [-0.2, 0) is 4.57 Å². The van der Waals surface area contributed by atoms with Gasteiger partial charge in [-0.3, -0.25) is 9.13 Å². The molecule has 0 saturated carbocycles.